The molecule has 0 aromatic heterocycles. The van der Waals surface area contributed by atoms with Gasteiger partial charge in [-0.1, -0.05) is 0 Å². The molecular formula is C3H13N5. The molecule has 0 rings (SSSR count). The molecule has 0 bridgehead atoms. The van der Waals surface area contributed by atoms with Crippen molar-refractivity contribution in [3.05, 3.63) is 0 Å². The van der Waals surface area contributed by atoms with Crippen molar-refractivity contribution in [2.24, 2.45) is 5.84 Å². The molecule has 8 heavy (non-hydrogen) atoms. The van der Waals surface area contributed by atoms with Crippen molar-refractivity contribution in [2.45, 2.75) is 13.1 Å². The average molecular weight is 119 g/mol. The number of nitrogens with two attached hydrogens (primary N) is 1. The van der Waals surface area contributed by atoms with E-state index in [0.29, 0.717) is 0 Å². The molecule has 0 aliphatic rings. The first kappa shape index (κ1) is 7.80. The third-order valence-corrected chi connectivity index (χ3v) is 0.664. The maximum absolute atomic E-state index is 5.03. The Morgan fingerprint density at radius 1 is 1.50 bits per heavy atom. The predicted molar refractivity (Wildman–Crippen MR) is 32.1 cm³/mol. The van der Waals surface area contributed by atoms with Gasteiger partial charge in [0.05, 0.1) is 6.17 Å². The summed E-state index contributed by atoms with van der Waals surface area (Å²) in [7, 11) is 1.76. The summed E-state index contributed by atoms with van der Waals surface area (Å²) in [5.41, 5.74) is 10.6. The van der Waals surface area contributed by atoms with E-state index in [1.165, 1.54) is 0 Å². The molecule has 0 saturated heterocycles. The lowest BCUT2D eigenvalue weighted by Crippen LogP contribution is -2.53. The second-order valence-electron chi connectivity index (χ2n) is 1.41. The molecule has 0 radical (unpaired) electrons. The quantitative estimate of drug-likeness (QED) is 0.168. The van der Waals surface area contributed by atoms with Gasteiger partial charge in [-0.3, -0.25) is 5.84 Å². The minimum absolute atomic E-state index is 0.0578. The lowest BCUT2D eigenvalue weighted by Gasteiger charge is -2.11. The Kier molecular flexibility index (Phi) is 4.82. The second-order valence-corrected chi connectivity index (χ2v) is 1.41. The summed E-state index contributed by atoms with van der Waals surface area (Å²) >= 11 is 0. The molecule has 0 aromatic rings. The largest absolute Gasteiger partial charge is 0.270 e. The predicted octanol–water partition coefficient (Wildman–Crippen LogP) is -1.98. The van der Waals surface area contributed by atoms with E-state index >= 15 is 0 Å². The summed E-state index contributed by atoms with van der Waals surface area (Å²) < 4.78 is 0. The molecule has 1 unspecified atom stereocenters. The van der Waals surface area contributed by atoms with E-state index in [4.69, 9.17) is 5.84 Å². The summed E-state index contributed by atoms with van der Waals surface area (Å²) in [4.78, 5) is 0. The van der Waals surface area contributed by atoms with E-state index in [1.54, 1.807) is 7.05 Å². The second kappa shape index (κ2) is 4.95. The van der Waals surface area contributed by atoms with Gasteiger partial charge >= 0.3 is 0 Å². The molecule has 1 atom stereocenters. The highest BCUT2D eigenvalue weighted by atomic mass is 15.6. The van der Waals surface area contributed by atoms with Crippen LogP contribution in [0.5, 0.6) is 0 Å². The third-order valence-electron chi connectivity index (χ3n) is 0.664. The zero-order valence-corrected chi connectivity index (χ0v) is 5.15. The number of rotatable bonds is 4. The van der Waals surface area contributed by atoms with Crippen LogP contribution < -0.4 is 27.7 Å². The van der Waals surface area contributed by atoms with Crippen molar-refractivity contribution < 1.29 is 0 Å². The summed E-state index contributed by atoms with van der Waals surface area (Å²) in [5.74, 6) is 5.03. The Hall–Kier alpha value is -0.200. The van der Waals surface area contributed by atoms with Crippen LogP contribution in [0.3, 0.4) is 0 Å². The van der Waals surface area contributed by atoms with Crippen LogP contribution in [0.1, 0.15) is 6.92 Å². The third kappa shape index (κ3) is 3.97. The summed E-state index contributed by atoms with van der Waals surface area (Å²) in [5, 5.41) is 0. The summed E-state index contributed by atoms with van der Waals surface area (Å²) in [6.45, 7) is 1.88. The minimum Gasteiger partial charge on any atom is -0.270 e. The van der Waals surface area contributed by atoms with Crippen LogP contribution in [0.4, 0.5) is 0 Å². The van der Waals surface area contributed by atoms with Crippen LogP contribution in [0.15, 0.2) is 0 Å². The summed E-state index contributed by atoms with van der Waals surface area (Å²) in [6, 6.07) is 0. The number of hydrazine groups is 3. The Balaban J connectivity index is 2.86. The number of hydrogen-bond donors (Lipinski definition) is 5. The molecule has 6 N–H and O–H groups in total. The van der Waals surface area contributed by atoms with E-state index < -0.39 is 0 Å². The van der Waals surface area contributed by atoms with Crippen LogP contribution in [0, 0.1) is 0 Å². The Morgan fingerprint density at radius 2 is 2.12 bits per heavy atom. The van der Waals surface area contributed by atoms with Gasteiger partial charge in [-0.05, 0) is 14.0 Å². The van der Waals surface area contributed by atoms with E-state index in [1.807, 2.05) is 6.92 Å². The number of hydrogen-bond acceptors (Lipinski definition) is 5. The maximum atomic E-state index is 5.03. The van der Waals surface area contributed by atoms with Crippen LogP contribution in [-0.2, 0) is 0 Å². The van der Waals surface area contributed by atoms with Gasteiger partial charge < -0.3 is 0 Å². The normalized spacial score (nSPS) is 13.9. The van der Waals surface area contributed by atoms with Gasteiger partial charge in [0.1, 0.15) is 0 Å². The maximum Gasteiger partial charge on any atom is 0.0814 e. The first-order valence-corrected chi connectivity index (χ1v) is 2.44. The Labute approximate surface area is 48.9 Å². The molecule has 50 valence electrons. The molecule has 0 aliphatic heterocycles. The molecule has 0 spiro atoms. The molecule has 0 fully saturated rings. The molecular weight excluding hydrogens is 106 g/mol. The van der Waals surface area contributed by atoms with Crippen molar-refractivity contribution in [1.82, 2.24) is 21.8 Å². The smallest absolute Gasteiger partial charge is 0.0814 e. The first-order valence-electron chi connectivity index (χ1n) is 2.44. The van der Waals surface area contributed by atoms with Gasteiger partial charge in [0.15, 0.2) is 0 Å². The topological polar surface area (TPSA) is 74.1 Å². The molecule has 0 aromatic carbocycles. The van der Waals surface area contributed by atoms with Crippen molar-refractivity contribution in [1.29, 1.82) is 0 Å². The molecule has 0 heterocycles. The monoisotopic (exact) mass is 119 g/mol. The highest BCUT2D eigenvalue weighted by Crippen LogP contribution is 1.59. The molecule has 5 nitrogen and oxygen atoms in total. The van der Waals surface area contributed by atoms with Gasteiger partial charge in [-0.15, -0.1) is 0 Å². The fourth-order valence-corrected chi connectivity index (χ4v) is 0.222. The van der Waals surface area contributed by atoms with Crippen LogP contribution in [0.25, 0.3) is 0 Å². The van der Waals surface area contributed by atoms with Gasteiger partial charge in [-0.2, -0.15) is 5.53 Å². The highest BCUT2D eigenvalue weighted by molar-refractivity contribution is 4.42. The zero-order valence-electron chi connectivity index (χ0n) is 5.15. The van der Waals surface area contributed by atoms with Crippen LogP contribution in [-0.4, -0.2) is 13.2 Å². The Bertz CT molecular complexity index is 46.9. The Morgan fingerprint density at radius 3 is 2.50 bits per heavy atom. The van der Waals surface area contributed by atoms with Gasteiger partial charge in [-0.25, -0.2) is 16.3 Å². The van der Waals surface area contributed by atoms with Crippen molar-refractivity contribution >= 4 is 0 Å². The standard InChI is InChI=1S/C3H13N5/c1-3(6-4)7-8-5-2/h3,5-8H,4H2,1-2H3. The molecule has 5 heteroatoms. The summed E-state index contributed by atoms with van der Waals surface area (Å²) in [6.07, 6.45) is 0.0578. The van der Waals surface area contributed by atoms with Crippen molar-refractivity contribution in [3.63, 3.8) is 0 Å². The zero-order chi connectivity index (χ0) is 6.41. The van der Waals surface area contributed by atoms with Gasteiger partial charge in [0, 0.05) is 0 Å². The first-order chi connectivity index (χ1) is 3.81. The van der Waals surface area contributed by atoms with E-state index in [9.17, 15) is 0 Å². The number of nitrogens with one attached hydrogen (secondary N) is 4. The SMILES string of the molecule is CNNNC(C)NN. The van der Waals surface area contributed by atoms with Gasteiger partial charge in [0.2, 0.25) is 0 Å². The lowest BCUT2D eigenvalue weighted by molar-refractivity contribution is 0.365. The van der Waals surface area contributed by atoms with E-state index in [2.05, 4.69) is 21.8 Å². The highest BCUT2D eigenvalue weighted by Gasteiger charge is 1.90. The van der Waals surface area contributed by atoms with Crippen molar-refractivity contribution in [2.75, 3.05) is 7.05 Å². The average Bonchev–Trinajstić information content (AvgIpc) is 1.83. The minimum atomic E-state index is 0.0578. The fourth-order valence-electron chi connectivity index (χ4n) is 0.222. The fraction of sp³-hybridized carbons (Fsp3) is 1.00. The van der Waals surface area contributed by atoms with Gasteiger partial charge in [0.25, 0.3) is 0 Å². The lowest BCUT2D eigenvalue weighted by atomic mass is 10.6. The van der Waals surface area contributed by atoms with E-state index in [-0.39, 0.29) is 6.17 Å². The van der Waals surface area contributed by atoms with Crippen LogP contribution >= 0.6 is 0 Å². The molecule has 0 aliphatic carbocycles. The molecule has 0 amide bonds. The van der Waals surface area contributed by atoms with E-state index in [0.717, 1.165) is 0 Å². The van der Waals surface area contributed by atoms with Crippen molar-refractivity contribution in [3.8, 4) is 0 Å². The van der Waals surface area contributed by atoms with Crippen LogP contribution in [0.2, 0.25) is 0 Å². The molecule has 0 saturated carbocycles.